The van der Waals surface area contributed by atoms with Gasteiger partial charge in [0.2, 0.25) is 0 Å². The molecule has 11 aromatic rings. The van der Waals surface area contributed by atoms with E-state index in [-0.39, 0.29) is 0 Å². The lowest BCUT2D eigenvalue weighted by atomic mass is 10.00. The molecule has 2 nitrogen and oxygen atoms in total. The highest BCUT2D eigenvalue weighted by Gasteiger charge is 2.23. The van der Waals surface area contributed by atoms with Crippen molar-refractivity contribution in [2.45, 2.75) is 0 Å². The molecule has 240 valence electrons. The molecule has 1 aliphatic carbocycles. The first-order valence-corrected chi connectivity index (χ1v) is 18.0. The number of rotatable bonds is 3. The van der Waals surface area contributed by atoms with E-state index in [0.29, 0.717) is 0 Å². The largest absolute Gasteiger partial charge is 0.309 e. The molecule has 2 heterocycles. The van der Waals surface area contributed by atoms with Crippen molar-refractivity contribution in [3.8, 4) is 44.8 Å². The van der Waals surface area contributed by atoms with E-state index >= 15 is 0 Å². The van der Waals surface area contributed by atoms with Crippen molar-refractivity contribution >= 4 is 65.2 Å². The molecule has 0 radical (unpaired) electrons. The molecule has 52 heavy (non-hydrogen) atoms. The van der Waals surface area contributed by atoms with Crippen molar-refractivity contribution in [3.05, 3.63) is 182 Å². The lowest BCUT2D eigenvalue weighted by molar-refractivity contribution is 1.18. The molecule has 0 aliphatic heterocycles. The van der Waals surface area contributed by atoms with Gasteiger partial charge >= 0.3 is 0 Å². The van der Waals surface area contributed by atoms with E-state index < -0.39 is 0 Å². The Balaban J connectivity index is 1.09. The van der Waals surface area contributed by atoms with E-state index in [4.69, 9.17) is 0 Å². The number of para-hydroxylation sites is 2. The highest BCUT2D eigenvalue weighted by atomic mass is 15.0. The van der Waals surface area contributed by atoms with Crippen LogP contribution in [0.5, 0.6) is 0 Å². The fourth-order valence-electron chi connectivity index (χ4n) is 9.15. The maximum atomic E-state index is 2.50. The van der Waals surface area contributed by atoms with Crippen LogP contribution in [0.4, 0.5) is 0 Å². The third-order valence-corrected chi connectivity index (χ3v) is 11.4. The summed E-state index contributed by atoms with van der Waals surface area (Å²) in [6.45, 7) is 0. The zero-order chi connectivity index (χ0) is 33.9. The van der Waals surface area contributed by atoms with Crippen molar-refractivity contribution in [2.75, 3.05) is 0 Å². The van der Waals surface area contributed by atoms with Crippen LogP contribution in [0, 0.1) is 0 Å². The Morgan fingerprint density at radius 2 is 0.923 bits per heavy atom. The molecule has 0 saturated carbocycles. The van der Waals surface area contributed by atoms with Gasteiger partial charge in [-0.1, -0.05) is 127 Å². The normalized spacial score (nSPS) is 12.2. The Labute approximate surface area is 300 Å². The predicted molar refractivity (Wildman–Crippen MR) is 220 cm³/mol. The quantitative estimate of drug-likeness (QED) is 0.179. The third kappa shape index (κ3) is 3.73. The molecule has 2 heteroatoms. The van der Waals surface area contributed by atoms with Crippen LogP contribution in [-0.4, -0.2) is 9.13 Å². The summed E-state index contributed by atoms with van der Waals surface area (Å²) in [6.07, 6.45) is 0. The highest BCUT2D eigenvalue weighted by Crippen LogP contribution is 2.48. The first-order chi connectivity index (χ1) is 25.8. The Hall–Kier alpha value is -6.90. The van der Waals surface area contributed by atoms with E-state index in [2.05, 4.69) is 191 Å². The summed E-state index contributed by atoms with van der Waals surface area (Å²) in [5, 5.41) is 10.2. The van der Waals surface area contributed by atoms with E-state index in [9.17, 15) is 0 Å². The summed E-state index contributed by atoms with van der Waals surface area (Å²) < 4.78 is 4.88. The van der Waals surface area contributed by atoms with Crippen LogP contribution >= 0.6 is 0 Å². The second kappa shape index (κ2) is 10.3. The highest BCUT2D eigenvalue weighted by molar-refractivity contribution is 6.20. The van der Waals surface area contributed by atoms with Gasteiger partial charge in [-0.25, -0.2) is 0 Å². The first kappa shape index (κ1) is 27.9. The molecule has 0 spiro atoms. The SMILES string of the molecule is c1ccc(-n2c3ccccc3c3cc(-c4ccc5c(c4)c4ccc6ccccc6c4n5-c4ccc5c(c4)-c4cccc6cccc-5c46)ccc32)cc1. The van der Waals surface area contributed by atoms with Gasteiger partial charge in [0.25, 0.3) is 0 Å². The minimum atomic E-state index is 1.18. The Morgan fingerprint density at radius 1 is 0.288 bits per heavy atom. The fourth-order valence-corrected chi connectivity index (χ4v) is 9.15. The molecule has 9 aromatic carbocycles. The first-order valence-electron chi connectivity index (χ1n) is 18.0. The Kier molecular flexibility index (Phi) is 5.53. The second-order valence-corrected chi connectivity index (χ2v) is 14.1. The van der Waals surface area contributed by atoms with Crippen LogP contribution in [0.15, 0.2) is 182 Å². The summed E-state index contributed by atoms with van der Waals surface area (Å²) in [5.41, 5.74) is 15.0. The van der Waals surface area contributed by atoms with Gasteiger partial charge < -0.3 is 9.13 Å². The van der Waals surface area contributed by atoms with Gasteiger partial charge in [-0.15, -0.1) is 0 Å². The van der Waals surface area contributed by atoms with Gasteiger partial charge in [0.15, 0.2) is 0 Å². The number of hydrogen-bond acceptors (Lipinski definition) is 0. The van der Waals surface area contributed by atoms with Crippen molar-refractivity contribution in [3.63, 3.8) is 0 Å². The smallest absolute Gasteiger partial charge is 0.0619 e. The van der Waals surface area contributed by atoms with E-state index in [1.807, 2.05) is 0 Å². The minimum Gasteiger partial charge on any atom is -0.309 e. The van der Waals surface area contributed by atoms with Crippen LogP contribution in [-0.2, 0) is 0 Å². The summed E-state index contributed by atoms with van der Waals surface area (Å²) in [7, 11) is 0. The second-order valence-electron chi connectivity index (χ2n) is 14.1. The molecule has 2 aromatic heterocycles. The maximum Gasteiger partial charge on any atom is 0.0619 e. The average Bonchev–Trinajstić information content (AvgIpc) is 3.84. The summed E-state index contributed by atoms with van der Waals surface area (Å²) in [6, 6.07) is 67.3. The van der Waals surface area contributed by atoms with Crippen molar-refractivity contribution in [1.29, 1.82) is 0 Å². The van der Waals surface area contributed by atoms with Crippen LogP contribution in [0.1, 0.15) is 0 Å². The van der Waals surface area contributed by atoms with Gasteiger partial charge in [-0.3, -0.25) is 0 Å². The van der Waals surface area contributed by atoms with E-state index in [0.717, 1.165) is 0 Å². The molecular weight excluding hydrogens is 629 g/mol. The Bertz CT molecular complexity index is 3280. The maximum absolute atomic E-state index is 2.50. The zero-order valence-corrected chi connectivity index (χ0v) is 28.2. The van der Waals surface area contributed by atoms with Crippen molar-refractivity contribution < 1.29 is 0 Å². The van der Waals surface area contributed by atoms with Crippen LogP contribution in [0.25, 0.3) is 110 Å². The fraction of sp³-hybridized carbons (Fsp3) is 0. The standard InChI is InChI=1S/C50H30N2/c1-2-13-35(14-3-1)51-46-19-7-6-16-39(46)44-28-33(21-26-47(44)51)34-22-27-48-45(29-34)42-24-20-31-10-4-5-15-37(31)50(42)52(48)36-23-25-38-40-17-8-11-32-12-9-18-41(49(32)40)43(38)30-36/h1-30H. The molecule has 1 aliphatic rings. The molecular formula is C50H30N2. The molecule has 0 N–H and O–H groups in total. The van der Waals surface area contributed by atoms with Gasteiger partial charge in [-0.2, -0.15) is 0 Å². The van der Waals surface area contributed by atoms with Crippen LogP contribution in [0.2, 0.25) is 0 Å². The van der Waals surface area contributed by atoms with Gasteiger partial charge in [0.1, 0.15) is 0 Å². The summed E-state index contributed by atoms with van der Waals surface area (Å²) in [5.74, 6) is 0. The number of hydrogen-bond donors (Lipinski definition) is 0. The number of benzene rings is 9. The molecule has 12 rings (SSSR count). The number of aromatic nitrogens is 2. The molecule has 0 saturated heterocycles. The third-order valence-electron chi connectivity index (χ3n) is 11.4. The lowest BCUT2D eigenvalue weighted by Crippen LogP contribution is -1.95. The summed E-state index contributed by atoms with van der Waals surface area (Å²) in [4.78, 5) is 0. The monoisotopic (exact) mass is 658 g/mol. The van der Waals surface area contributed by atoms with Gasteiger partial charge in [-0.05, 0) is 104 Å². The topological polar surface area (TPSA) is 9.86 Å². The number of nitrogens with zero attached hydrogens (tertiary/aromatic N) is 2. The molecule has 0 bridgehead atoms. The summed E-state index contributed by atoms with van der Waals surface area (Å²) >= 11 is 0. The van der Waals surface area contributed by atoms with Crippen LogP contribution in [0.3, 0.4) is 0 Å². The lowest BCUT2D eigenvalue weighted by Gasteiger charge is -2.13. The Morgan fingerprint density at radius 3 is 1.73 bits per heavy atom. The van der Waals surface area contributed by atoms with E-state index in [1.54, 1.807) is 0 Å². The molecule has 0 unspecified atom stereocenters. The van der Waals surface area contributed by atoms with Crippen LogP contribution < -0.4 is 0 Å². The van der Waals surface area contributed by atoms with Gasteiger partial charge in [0.05, 0.1) is 22.1 Å². The van der Waals surface area contributed by atoms with Gasteiger partial charge in [0, 0.05) is 38.3 Å². The minimum absolute atomic E-state index is 1.18. The molecule has 0 atom stereocenters. The van der Waals surface area contributed by atoms with Crippen molar-refractivity contribution in [1.82, 2.24) is 9.13 Å². The molecule has 0 amide bonds. The predicted octanol–water partition coefficient (Wildman–Crippen LogP) is 13.5. The molecule has 0 fully saturated rings. The zero-order valence-electron chi connectivity index (χ0n) is 28.2. The average molecular weight is 659 g/mol. The number of fused-ring (bicyclic) bond motifs is 11. The van der Waals surface area contributed by atoms with E-state index in [1.165, 1.54) is 110 Å². The van der Waals surface area contributed by atoms with Crippen molar-refractivity contribution in [2.24, 2.45) is 0 Å².